The number of rotatable bonds is 4. The van der Waals surface area contributed by atoms with Crippen molar-refractivity contribution in [3.63, 3.8) is 0 Å². The predicted octanol–water partition coefficient (Wildman–Crippen LogP) is 2.42. The van der Waals surface area contributed by atoms with Crippen LogP contribution in [0.1, 0.15) is 5.56 Å². The first-order chi connectivity index (χ1) is 8.28. The van der Waals surface area contributed by atoms with Crippen LogP contribution in [-0.2, 0) is 6.42 Å². The van der Waals surface area contributed by atoms with E-state index in [0.29, 0.717) is 23.3 Å². The monoisotopic (exact) mass is 249 g/mol. The first-order valence-electron chi connectivity index (χ1n) is 5.22. The van der Waals surface area contributed by atoms with Gasteiger partial charge in [-0.25, -0.2) is 9.97 Å². The topological polar surface area (TPSA) is 61.0 Å². The Kier molecular flexibility index (Phi) is 3.90. The van der Waals surface area contributed by atoms with E-state index in [1.54, 1.807) is 36.7 Å². The Bertz CT molecular complexity index is 487. The summed E-state index contributed by atoms with van der Waals surface area (Å²) >= 11 is 5.84. The van der Waals surface area contributed by atoms with Crippen LogP contribution in [0.5, 0.6) is 11.8 Å². The molecule has 0 spiro atoms. The molecule has 0 saturated carbocycles. The summed E-state index contributed by atoms with van der Waals surface area (Å²) in [5, 5.41) is 0.613. The number of nitrogens with zero attached hydrogens (tertiary/aromatic N) is 2. The number of halogens is 1. The number of aromatic nitrogens is 2. The van der Waals surface area contributed by atoms with Gasteiger partial charge in [0.15, 0.2) is 0 Å². The van der Waals surface area contributed by atoms with E-state index >= 15 is 0 Å². The largest absolute Gasteiger partial charge is 0.424 e. The lowest BCUT2D eigenvalue weighted by Gasteiger charge is -2.04. The van der Waals surface area contributed by atoms with Crippen molar-refractivity contribution in [1.29, 1.82) is 0 Å². The van der Waals surface area contributed by atoms with Crippen molar-refractivity contribution in [1.82, 2.24) is 9.97 Å². The summed E-state index contributed by atoms with van der Waals surface area (Å²) in [5.41, 5.74) is 6.43. The van der Waals surface area contributed by atoms with E-state index < -0.39 is 0 Å². The van der Waals surface area contributed by atoms with E-state index in [4.69, 9.17) is 22.1 Å². The fourth-order valence-electron chi connectivity index (χ4n) is 1.33. The molecule has 1 aromatic heterocycles. The summed E-state index contributed by atoms with van der Waals surface area (Å²) in [6, 6.07) is 7.38. The van der Waals surface area contributed by atoms with E-state index in [0.717, 1.165) is 12.0 Å². The number of benzene rings is 1. The highest BCUT2D eigenvalue weighted by atomic mass is 35.5. The van der Waals surface area contributed by atoms with Crippen molar-refractivity contribution in [2.24, 2.45) is 5.73 Å². The molecule has 88 valence electrons. The molecule has 0 aliphatic rings. The zero-order chi connectivity index (χ0) is 12.1. The van der Waals surface area contributed by atoms with Crippen LogP contribution in [0.4, 0.5) is 0 Å². The van der Waals surface area contributed by atoms with Crippen LogP contribution in [0.25, 0.3) is 0 Å². The molecule has 0 amide bonds. The van der Waals surface area contributed by atoms with Gasteiger partial charge in [0.1, 0.15) is 5.75 Å². The van der Waals surface area contributed by atoms with Gasteiger partial charge in [0, 0.05) is 17.4 Å². The maximum absolute atomic E-state index is 5.84. The molecule has 0 atom stereocenters. The summed E-state index contributed by atoms with van der Waals surface area (Å²) in [7, 11) is 0. The second-order valence-corrected chi connectivity index (χ2v) is 3.91. The van der Waals surface area contributed by atoms with Crippen LogP contribution >= 0.6 is 11.6 Å². The van der Waals surface area contributed by atoms with Crippen molar-refractivity contribution in [2.45, 2.75) is 6.42 Å². The van der Waals surface area contributed by atoms with Crippen molar-refractivity contribution < 1.29 is 4.74 Å². The third kappa shape index (κ3) is 3.41. The van der Waals surface area contributed by atoms with E-state index in [1.165, 1.54) is 0 Å². The Morgan fingerprint density at radius 2 is 2.00 bits per heavy atom. The van der Waals surface area contributed by atoms with Crippen LogP contribution in [-0.4, -0.2) is 16.5 Å². The summed E-state index contributed by atoms with van der Waals surface area (Å²) in [5.74, 6) is 0.615. The fraction of sp³-hybridized carbons (Fsp3) is 0.167. The van der Waals surface area contributed by atoms with Crippen LogP contribution in [0.2, 0.25) is 5.02 Å². The zero-order valence-electron chi connectivity index (χ0n) is 9.14. The van der Waals surface area contributed by atoms with Crippen LogP contribution in [0, 0.1) is 0 Å². The van der Waals surface area contributed by atoms with E-state index in [1.807, 2.05) is 0 Å². The predicted molar refractivity (Wildman–Crippen MR) is 66.3 cm³/mol. The van der Waals surface area contributed by atoms with Crippen LogP contribution in [0.3, 0.4) is 0 Å². The molecule has 4 nitrogen and oxygen atoms in total. The Balaban J connectivity index is 2.08. The zero-order valence-corrected chi connectivity index (χ0v) is 9.89. The number of ether oxygens (including phenoxy) is 1. The molecular weight excluding hydrogens is 238 g/mol. The molecule has 0 aliphatic heterocycles. The van der Waals surface area contributed by atoms with Gasteiger partial charge < -0.3 is 10.5 Å². The first-order valence-corrected chi connectivity index (χ1v) is 5.60. The summed E-state index contributed by atoms with van der Waals surface area (Å²) in [6.07, 6.45) is 4.18. The highest BCUT2D eigenvalue weighted by molar-refractivity contribution is 6.30. The minimum absolute atomic E-state index is 0.299. The Morgan fingerprint density at radius 1 is 1.24 bits per heavy atom. The third-order valence-corrected chi connectivity index (χ3v) is 2.35. The Morgan fingerprint density at radius 3 is 2.65 bits per heavy atom. The van der Waals surface area contributed by atoms with Gasteiger partial charge in [0.25, 0.3) is 0 Å². The maximum atomic E-state index is 5.84. The lowest BCUT2D eigenvalue weighted by molar-refractivity contribution is 0.441. The Labute approximate surface area is 104 Å². The number of nitrogens with two attached hydrogens (primary N) is 1. The van der Waals surface area contributed by atoms with Gasteiger partial charge in [0.2, 0.25) is 0 Å². The van der Waals surface area contributed by atoms with Crippen molar-refractivity contribution in [3.8, 4) is 11.8 Å². The molecule has 1 aromatic carbocycles. The average molecular weight is 250 g/mol. The third-order valence-electron chi connectivity index (χ3n) is 2.12. The van der Waals surface area contributed by atoms with Gasteiger partial charge in [-0.15, -0.1) is 0 Å². The SMILES string of the molecule is NCCc1cnc(Oc2cccc(Cl)c2)nc1. The van der Waals surface area contributed by atoms with Gasteiger partial charge in [-0.1, -0.05) is 17.7 Å². The summed E-state index contributed by atoms with van der Waals surface area (Å²) in [6.45, 7) is 0.581. The minimum Gasteiger partial charge on any atom is -0.424 e. The molecule has 2 aromatic rings. The molecule has 0 radical (unpaired) electrons. The molecule has 1 heterocycles. The standard InChI is InChI=1S/C12H12ClN3O/c13-10-2-1-3-11(6-10)17-12-15-7-9(4-5-14)8-16-12/h1-3,6-8H,4-5,14H2. The van der Waals surface area contributed by atoms with Crippen LogP contribution in [0.15, 0.2) is 36.7 Å². The normalized spacial score (nSPS) is 10.2. The first kappa shape index (κ1) is 11.8. The van der Waals surface area contributed by atoms with Gasteiger partial charge in [0.05, 0.1) is 0 Å². The highest BCUT2D eigenvalue weighted by Crippen LogP contribution is 2.21. The number of hydrogen-bond donors (Lipinski definition) is 1. The molecule has 0 aliphatic carbocycles. The van der Waals surface area contributed by atoms with Crippen molar-refractivity contribution in [3.05, 3.63) is 47.2 Å². The summed E-state index contributed by atoms with van der Waals surface area (Å²) < 4.78 is 5.45. The van der Waals surface area contributed by atoms with Gasteiger partial charge in [-0.05, 0) is 36.7 Å². The van der Waals surface area contributed by atoms with Crippen LogP contribution < -0.4 is 10.5 Å². The van der Waals surface area contributed by atoms with E-state index in [2.05, 4.69) is 9.97 Å². The van der Waals surface area contributed by atoms with Crippen molar-refractivity contribution >= 4 is 11.6 Å². The molecule has 5 heteroatoms. The second-order valence-electron chi connectivity index (χ2n) is 3.47. The highest BCUT2D eigenvalue weighted by Gasteiger charge is 2.01. The molecule has 2 rings (SSSR count). The maximum Gasteiger partial charge on any atom is 0.321 e. The quantitative estimate of drug-likeness (QED) is 0.904. The molecule has 17 heavy (non-hydrogen) atoms. The molecule has 0 saturated heterocycles. The minimum atomic E-state index is 0.299. The van der Waals surface area contributed by atoms with Gasteiger partial charge in [-0.2, -0.15) is 0 Å². The second kappa shape index (κ2) is 5.61. The summed E-state index contributed by atoms with van der Waals surface area (Å²) in [4.78, 5) is 8.18. The van der Waals surface area contributed by atoms with Gasteiger partial charge >= 0.3 is 6.01 Å². The smallest absolute Gasteiger partial charge is 0.321 e. The fourth-order valence-corrected chi connectivity index (χ4v) is 1.51. The Hall–Kier alpha value is -1.65. The number of hydrogen-bond acceptors (Lipinski definition) is 4. The molecule has 2 N–H and O–H groups in total. The van der Waals surface area contributed by atoms with E-state index in [9.17, 15) is 0 Å². The molecule has 0 unspecified atom stereocenters. The molecular formula is C12H12ClN3O. The molecule has 0 fully saturated rings. The average Bonchev–Trinajstić information content (AvgIpc) is 2.32. The van der Waals surface area contributed by atoms with E-state index in [-0.39, 0.29) is 0 Å². The lowest BCUT2D eigenvalue weighted by atomic mass is 10.2. The van der Waals surface area contributed by atoms with Gasteiger partial charge in [-0.3, -0.25) is 0 Å². The lowest BCUT2D eigenvalue weighted by Crippen LogP contribution is -2.03. The van der Waals surface area contributed by atoms with Crippen molar-refractivity contribution in [2.75, 3.05) is 6.54 Å². The molecule has 0 bridgehead atoms.